The molecule has 1 aromatic heterocycles. The smallest absolute Gasteiger partial charge is 0.164 e. The van der Waals surface area contributed by atoms with Gasteiger partial charge in [0, 0.05) is 36.3 Å². The summed E-state index contributed by atoms with van der Waals surface area (Å²) in [4.78, 5) is 22.0. The van der Waals surface area contributed by atoms with Gasteiger partial charge in [-0.05, 0) is 83.1 Å². The lowest BCUT2D eigenvalue weighted by atomic mass is 9.91. The van der Waals surface area contributed by atoms with Crippen LogP contribution in [0.2, 0.25) is 0 Å². The molecule has 5 nitrogen and oxygen atoms in total. The van der Waals surface area contributed by atoms with Crippen LogP contribution < -0.4 is 10.6 Å². The number of aromatic nitrogens is 1. The summed E-state index contributed by atoms with van der Waals surface area (Å²) in [5.41, 5.74) is 6.93. The highest BCUT2D eigenvalue weighted by Gasteiger charge is 2.40. The average Bonchev–Trinajstić information content (AvgIpc) is 2.92. The zero-order valence-electron chi connectivity index (χ0n) is 16.3. The van der Waals surface area contributed by atoms with E-state index >= 15 is 0 Å². The van der Waals surface area contributed by atoms with Crippen molar-refractivity contribution >= 4 is 24.0 Å². The first-order valence-corrected chi connectivity index (χ1v) is 10.3. The molecule has 0 aliphatic carbocycles. The zero-order chi connectivity index (χ0) is 18.1. The second-order valence-electron chi connectivity index (χ2n) is 8.64. The third-order valence-electron chi connectivity index (χ3n) is 6.72. The molecule has 1 aromatic rings. The molecule has 3 fully saturated rings. The Hall–Kier alpha value is -1.17. The predicted molar refractivity (Wildman–Crippen MR) is 112 cm³/mol. The zero-order valence-corrected chi connectivity index (χ0v) is 17.2. The SMILES string of the molecule is CN1CCC(CCC(=O)c2ccc(N3[C@@H]4CC[C@H]3CC(N)C4)nc2)CC1.Cl. The van der Waals surface area contributed by atoms with Crippen molar-refractivity contribution in [3.8, 4) is 0 Å². The van der Waals surface area contributed by atoms with E-state index in [9.17, 15) is 4.79 Å². The Labute approximate surface area is 169 Å². The van der Waals surface area contributed by atoms with Crippen LogP contribution >= 0.6 is 12.4 Å². The largest absolute Gasteiger partial charge is 0.351 e. The van der Waals surface area contributed by atoms with Crippen molar-refractivity contribution in [2.24, 2.45) is 11.7 Å². The fourth-order valence-corrected chi connectivity index (χ4v) is 5.13. The Morgan fingerprint density at radius 1 is 1.15 bits per heavy atom. The van der Waals surface area contributed by atoms with Crippen molar-refractivity contribution in [2.45, 2.75) is 69.5 Å². The summed E-state index contributed by atoms with van der Waals surface area (Å²) < 4.78 is 0. The number of carbonyl (C=O) groups excluding carboxylic acids is 1. The van der Waals surface area contributed by atoms with E-state index in [4.69, 9.17) is 5.73 Å². The molecule has 2 bridgehead atoms. The minimum atomic E-state index is 0. The highest BCUT2D eigenvalue weighted by Crippen LogP contribution is 2.38. The number of carbonyl (C=O) groups is 1. The predicted octanol–water partition coefficient (Wildman–Crippen LogP) is 3.27. The van der Waals surface area contributed by atoms with E-state index < -0.39 is 0 Å². The number of fused-ring (bicyclic) bond motifs is 2. The molecular weight excluding hydrogens is 360 g/mol. The molecule has 0 radical (unpaired) electrons. The molecule has 150 valence electrons. The van der Waals surface area contributed by atoms with Crippen molar-refractivity contribution in [3.05, 3.63) is 23.9 Å². The molecule has 0 amide bonds. The van der Waals surface area contributed by atoms with Gasteiger partial charge in [0.05, 0.1) is 0 Å². The van der Waals surface area contributed by atoms with Gasteiger partial charge in [-0.15, -0.1) is 12.4 Å². The van der Waals surface area contributed by atoms with Gasteiger partial charge in [0.15, 0.2) is 5.78 Å². The van der Waals surface area contributed by atoms with Crippen LogP contribution in [0.4, 0.5) is 5.82 Å². The molecule has 3 saturated heterocycles. The Bertz CT molecular complexity index is 616. The number of likely N-dealkylation sites (tertiary alicyclic amines) is 1. The van der Waals surface area contributed by atoms with Crippen LogP contribution in [0.15, 0.2) is 18.3 Å². The third-order valence-corrected chi connectivity index (χ3v) is 6.72. The van der Waals surface area contributed by atoms with Gasteiger partial charge >= 0.3 is 0 Å². The van der Waals surface area contributed by atoms with Crippen LogP contribution in [0.1, 0.15) is 61.7 Å². The maximum Gasteiger partial charge on any atom is 0.164 e. The fourth-order valence-electron chi connectivity index (χ4n) is 5.13. The summed E-state index contributed by atoms with van der Waals surface area (Å²) in [7, 11) is 2.18. The molecule has 4 heterocycles. The minimum absolute atomic E-state index is 0. The Balaban J connectivity index is 0.00000210. The lowest BCUT2D eigenvalue weighted by Gasteiger charge is -2.38. The van der Waals surface area contributed by atoms with Crippen molar-refractivity contribution < 1.29 is 4.79 Å². The Kier molecular flexibility index (Phi) is 6.77. The lowest BCUT2D eigenvalue weighted by molar-refractivity contribution is 0.0965. The second-order valence-corrected chi connectivity index (χ2v) is 8.64. The van der Waals surface area contributed by atoms with E-state index in [2.05, 4.69) is 21.8 Å². The van der Waals surface area contributed by atoms with E-state index in [1.165, 1.54) is 25.7 Å². The van der Waals surface area contributed by atoms with Gasteiger partial charge in [0.25, 0.3) is 0 Å². The summed E-state index contributed by atoms with van der Waals surface area (Å²) >= 11 is 0. The van der Waals surface area contributed by atoms with Crippen LogP contribution in [0.5, 0.6) is 0 Å². The fraction of sp³-hybridized carbons (Fsp3) is 0.714. The number of ketones is 1. The standard InChI is InChI=1S/C21H32N4O.ClH/c1-24-10-8-15(9-11-24)2-6-20(26)16-3-7-21(23-14-16)25-18-4-5-19(25)13-17(22)12-18;/h3,7,14-15,17-19H,2,4-6,8-13,22H2,1H3;1H/t17?,18-,19+;. The maximum absolute atomic E-state index is 12.5. The summed E-state index contributed by atoms with van der Waals surface area (Å²) in [5, 5.41) is 0. The average molecular weight is 393 g/mol. The van der Waals surface area contributed by atoms with Crippen molar-refractivity contribution in [2.75, 3.05) is 25.0 Å². The first kappa shape index (κ1) is 20.6. The van der Waals surface area contributed by atoms with Gasteiger partial charge in [0.1, 0.15) is 5.82 Å². The maximum atomic E-state index is 12.5. The number of halogens is 1. The number of pyridine rings is 1. The molecule has 3 aliphatic rings. The molecule has 2 N–H and O–H groups in total. The van der Waals surface area contributed by atoms with Crippen LogP contribution in [-0.2, 0) is 0 Å². The molecule has 3 aliphatic heterocycles. The number of hydrogen-bond donors (Lipinski definition) is 1. The summed E-state index contributed by atoms with van der Waals surface area (Å²) in [6, 6.07) is 5.42. The highest BCUT2D eigenvalue weighted by molar-refractivity contribution is 5.95. The first-order chi connectivity index (χ1) is 12.6. The molecule has 0 aromatic carbocycles. The Morgan fingerprint density at radius 2 is 1.81 bits per heavy atom. The van der Waals surface area contributed by atoms with Crippen LogP contribution in [0.3, 0.4) is 0 Å². The van der Waals surface area contributed by atoms with Crippen molar-refractivity contribution in [1.29, 1.82) is 0 Å². The quantitative estimate of drug-likeness (QED) is 0.779. The normalized spacial score (nSPS) is 28.8. The summed E-state index contributed by atoms with van der Waals surface area (Å²) in [6.07, 6.45) is 10.5. The molecule has 1 unspecified atom stereocenters. The molecule has 6 heteroatoms. The molecule has 27 heavy (non-hydrogen) atoms. The second kappa shape index (κ2) is 8.89. The molecule has 4 rings (SSSR count). The summed E-state index contributed by atoms with van der Waals surface area (Å²) in [6.45, 7) is 2.33. The van der Waals surface area contributed by atoms with E-state index in [-0.39, 0.29) is 18.2 Å². The Morgan fingerprint density at radius 3 is 2.41 bits per heavy atom. The molecular formula is C21H33ClN4O. The third kappa shape index (κ3) is 4.64. The van der Waals surface area contributed by atoms with Crippen molar-refractivity contribution in [3.63, 3.8) is 0 Å². The number of nitrogens with zero attached hydrogens (tertiary/aromatic N) is 3. The van der Waals surface area contributed by atoms with Crippen LogP contribution in [0.25, 0.3) is 0 Å². The van der Waals surface area contributed by atoms with E-state index in [1.54, 1.807) is 6.20 Å². The van der Waals surface area contributed by atoms with Gasteiger partial charge in [-0.1, -0.05) is 0 Å². The minimum Gasteiger partial charge on any atom is -0.351 e. The number of Topliss-reactive ketones (excluding diaryl/α,β-unsaturated/α-hetero) is 1. The molecule has 0 spiro atoms. The van der Waals surface area contributed by atoms with Gasteiger partial charge < -0.3 is 15.5 Å². The first-order valence-electron chi connectivity index (χ1n) is 10.3. The highest BCUT2D eigenvalue weighted by atomic mass is 35.5. The molecule has 3 atom stereocenters. The topological polar surface area (TPSA) is 62.5 Å². The lowest BCUT2D eigenvalue weighted by Crippen LogP contribution is -2.47. The van der Waals surface area contributed by atoms with Crippen LogP contribution in [0, 0.1) is 5.92 Å². The van der Waals surface area contributed by atoms with Gasteiger partial charge in [-0.25, -0.2) is 4.98 Å². The molecule has 0 saturated carbocycles. The van der Waals surface area contributed by atoms with E-state index in [0.29, 0.717) is 30.5 Å². The van der Waals surface area contributed by atoms with E-state index in [1.807, 2.05) is 12.1 Å². The van der Waals surface area contributed by atoms with Gasteiger partial charge in [-0.3, -0.25) is 4.79 Å². The van der Waals surface area contributed by atoms with Crippen LogP contribution in [-0.4, -0.2) is 53.9 Å². The van der Waals surface area contributed by atoms with Gasteiger partial charge in [0.2, 0.25) is 0 Å². The summed E-state index contributed by atoms with van der Waals surface area (Å²) in [5.74, 6) is 1.97. The number of rotatable bonds is 5. The van der Waals surface area contributed by atoms with Gasteiger partial charge in [-0.2, -0.15) is 0 Å². The van der Waals surface area contributed by atoms with Crippen molar-refractivity contribution in [1.82, 2.24) is 9.88 Å². The number of hydrogen-bond acceptors (Lipinski definition) is 5. The number of piperidine rings is 2. The van der Waals surface area contributed by atoms with E-state index in [0.717, 1.165) is 43.7 Å². The number of anilines is 1. The monoisotopic (exact) mass is 392 g/mol. The number of nitrogens with two attached hydrogens (primary N) is 1.